The van der Waals surface area contributed by atoms with Gasteiger partial charge in [0, 0.05) is 25.7 Å². The molecule has 94 valence electrons. The molecule has 2 fully saturated rings. The van der Waals surface area contributed by atoms with Crippen molar-refractivity contribution in [3.05, 3.63) is 0 Å². The van der Waals surface area contributed by atoms with Crippen LogP contribution in [0.1, 0.15) is 39.5 Å². The average molecular weight is 227 g/mol. The van der Waals surface area contributed by atoms with Gasteiger partial charge in [0.2, 0.25) is 0 Å². The smallest absolute Gasteiger partial charge is 0.0939 e. The Bertz CT molecular complexity index is 214. The number of hydrogen-bond donors (Lipinski definition) is 1. The molecule has 16 heavy (non-hydrogen) atoms. The highest BCUT2D eigenvalue weighted by atomic mass is 16.6. The van der Waals surface area contributed by atoms with Crippen LogP contribution >= 0.6 is 0 Å². The molecule has 1 N–H and O–H groups in total. The summed E-state index contributed by atoms with van der Waals surface area (Å²) in [4.78, 5) is 0. The van der Waals surface area contributed by atoms with Gasteiger partial charge in [0.25, 0.3) is 0 Å². The molecule has 0 aromatic heterocycles. The van der Waals surface area contributed by atoms with Crippen LogP contribution in [0.25, 0.3) is 0 Å². The molecular weight excluding hydrogens is 202 g/mol. The molecule has 0 saturated carbocycles. The quantitative estimate of drug-likeness (QED) is 0.796. The van der Waals surface area contributed by atoms with Crippen LogP contribution in [0.3, 0.4) is 0 Å². The van der Waals surface area contributed by atoms with E-state index in [0.29, 0.717) is 6.04 Å². The number of nitrogens with one attached hydrogen (secondary N) is 1. The van der Waals surface area contributed by atoms with Gasteiger partial charge in [-0.1, -0.05) is 13.8 Å². The van der Waals surface area contributed by atoms with Gasteiger partial charge >= 0.3 is 0 Å². The lowest BCUT2D eigenvalue weighted by atomic mass is 9.80. The van der Waals surface area contributed by atoms with Gasteiger partial charge in [0.05, 0.1) is 12.2 Å². The lowest BCUT2D eigenvalue weighted by Crippen LogP contribution is -2.47. The van der Waals surface area contributed by atoms with Gasteiger partial charge in [-0.2, -0.15) is 0 Å². The Morgan fingerprint density at radius 3 is 2.88 bits per heavy atom. The van der Waals surface area contributed by atoms with Gasteiger partial charge in [0.1, 0.15) is 0 Å². The maximum Gasteiger partial charge on any atom is 0.0939 e. The maximum absolute atomic E-state index is 5.98. The number of rotatable bonds is 4. The van der Waals surface area contributed by atoms with E-state index in [1.807, 2.05) is 0 Å². The van der Waals surface area contributed by atoms with Crippen LogP contribution < -0.4 is 5.32 Å². The number of ether oxygens (including phenoxy) is 2. The zero-order valence-electron chi connectivity index (χ0n) is 10.6. The molecule has 0 bridgehead atoms. The van der Waals surface area contributed by atoms with Crippen molar-refractivity contribution in [1.29, 1.82) is 0 Å². The minimum atomic E-state index is 0.0613. The summed E-state index contributed by atoms with van der Waals surface area (Å²) < 4.78 is 11.5. The van der Waals surface area contributed by atoms with E-state index in [0.717, 1.165) is 38.7 Å². The van der Waals surface area contributed by atoms with Gasteiger partial charge < -0.3 is 14.8 Å². The number of hydrogen-bond acceptors (Lipinski definition) is 3. The second kappa shape index (κ2) is 5.48. The van der Waals surface area contributed by atoms with Crippen molar-refractivity contribution in [2.45, 2.75) is 51.2 Å². The van der Waals surface area contributed by atoms with Crippen molar-refractivity contribution < 1.29 is 9.47 Å². The Hall–Kier alpha value is -0.120. The molecule has 2 saturated heterocycles. The van der Waals surface area contributed by atoms with Gasteiger partial charge in [0.15, 0.2) is 0 Å². The Balaban J connectivity index is 1.94. The fourth-order valence-electron chi connectivity index (χ4n) is 3.18. The van der Waals surface area contributed by atoms with Gasteiger partial charge in [-0.05, 0) is 31.7 Å². The molecule has 0 aliphatic carbocycles. The van der Waals surface area contributed by atoms with E-state index in [2.05, 4.69) is 19.2 Å². The van der Waals surface area contributed by atoms with Crippen LogP contribution in [0.5, 0.6) is 0 Å². The topological polar surface area (TPSA) is 30.5 Å². The molecule has 0 aromatic rings. The molecule has 3 heteroatoms. The monoisotopic (exact) mass is 227 g/mol. The standard InChI is InChI=1S/C13H25NO2/c1-3-12(14-4-2)11-5-7-16-13(9-11)6-8-15-10-13/h11-12,14H,3-10H2,1-2H3. The molecule has 2 heterocycles. The summed E-state index contributed by atoms with van der Waals surface area (Å²) in [5.41, 5.74) is 0.0613. The average Bonchev–Trinajstić information content (AvgIpc) is 2.74. The van der Waals surface area contributed by atoms with E-state index < -0.39 is 0 Å². The highest BCUT2D eigenvalue weighted by Gasteiger charge is 2.42. The van der Waals surface area contributed by atoms with E-state index in [4.69, 9.17) is 9.47 Å². The van der Waals surface area contributed by atoms with E-state index in [1.54, 1.807) is 0 Å². The van der Waals surface area contributed by atoms with E-state index in [-0.39, 0.29) is 5.60 Å². The minimum Gasteiger partial charge on any atom is -0.378 e. The molecule has 3 nitrogen and oxygen atoms in total. The zero-order chi connectivity index (χ0) is 11.4. The summed E-state index contributed by atoms with van der Waals surface area (Å²) in [5.74, 6) is 0.764. The first kappa shape index (κ1) is 12.3. The van der Waals surface area contributed by atoms with E-state index >= 15 is 0 Å². The minimum absolute atomic E-state index is 0.0613. The molecule has 3 atom stereocenters. The Morgan fingerprint density at radius 2 is 2.25 bits per heavy atom. The Labute approximate surface area is 98.9 Å². The third kappa shape index (κ3) is 2.58. The van der Waals surface area contributed by atoms with Gasteiger partial charge in [-0.3, -0.25) is 0 Å². The lowest BCUT2D eigenvalue weighted by Gasteiger charge is -2.40. The fraction of sp³-hybridized carbons (Fsp3) is 1.00. The Kier molecular flexibility index (Phi) is 4.22. The predicted molar refractivity (Wildman–Crippen MR) is 64.6 cm³/mol. The van der Waals surface area contributed by atoms with Crippen LogP contribution in [-0.2, 0) is 9.47 Å². The van der Waals surface area contributed by atoms with Crippen molar-refractivity contribution in [3.63, 3.8) is 0 Å². The van der Waals surface area contributed by atoms with Crippen LogP contribution in [-0.4, -0.2) is 38.0 Å². The van der Waals surface area contributed by atoms with Crippen LogP contribution in [0.2, 0.25) is 0 Å². The lowest BCUT2D eigenvalue weighted by molar-refractivity contribution is -0.103. The van der Waals surface area contributed by atoms with Gasteiger partial charge in [-0.15, -0.1) is 0 Å². The first-order chi connectivity index (χ1) is 7.79. The van der Waals surface area contributed by atoms with Crippen molar-refractivity contribution in [2.24, 2.45) is 5.92 Å². The zero-order valence-corrected chi connectivity index (χ0v) is 10.6. The van der Waals surface area contributed by atoms with Crippen molar-refractivity contribution in [2.75, 3.05) is 26.4 Å². The SMILES string of the molecule is CCNC(CC)C1CCOC2(CCOC2)C1. The Morgan fingerprint density at radius 1 is 1.38 bits per heavy atom. The third-order valence-corrected chi connectivity index (χ3v) is 4.07. The molecule has 0 aromatic carbocycles. The summed E-state index contributed by atoms with van der Waals surface area (Å²) in [6.45, 7) is 8.14. The molecule has 0 amide bonds. The summed E-state index contributed by atoms with van der Waals surface area (Å²) in [6.07, 6.45) is 4.69. The second-order valence-electron chi connectivity index (χ2n) is 5.16. The molecule has 0 radical (unpaired) electrons. The van der Waals surface area contributed by atoms with Crippen molar-refractivity contribution >= 4 is 0 Å². The molecule has 2 rings (SSSR count). The predicted octanol–water partition coefficient (Wildman–Crippen LogP) is 1.96. The largest absolute Gasteiger partial charge is 0.378 e. The first-order valence-corrected chi connectivity index (χ1v) is 6.75. The molecule has 2 aliphatic rings. The van der Waals surface area contributed by atoms with Crippen LogP contribution in [0.4, 0.5) is 0 Å². The normalized spacial score (nSPS) is 36.8. The van der Waals surface area contributed by atoms with E-state index in [1.165, 1.54) is 19.3 Å². The maximum atomic E-state index is 5.98. The van der Waals surface area contributed by atoms with Crippen LogP contribution in [0.15, 0.2) is 0 Å². The molecule has 3 unspecified atom stereocenters. The summed E-state index contributed by atoms with van der Waals surface area (Å²) in [6, 6.07) is 0.659. The van der Waals surface area contributed by atoms with Crippen LogP contribution in [0, 0.1) is 5.92 Å². The highest BCUT2D eigenvalue weighted by molar-refractivity contribution is 4.93. The molecule has 1 spiro atoms. The van der Waals surface area contributed by atoms with E-state index in [9.17, 15) is 0 Å². The second-order valence-corrected chi connectivity index (χ2v) is 5.16. The first-order valence-electron chi connectivity index (χ1n) is 6.75. The van der Waals surface area contributed by atoms with Crippen molar-refractivity contribution in [1.82, 2.24) is 5.32 Å². The fourth-order valence-corrected chi connectivity index (χ4v) is 3.18. The van der Waals surface area contributed by atoms with Gasteiger partial charge in [-0.25, -0.2) is 0 Å². The molecule has 2 aliphatic heterocycles. The highest BCUT2D eigenvalue weighted by Crippen LogP contribution is 2.37. The molecular formula is C13H25NO2. The summed E-state index contributed by atoms with van der Waals surface area (Å²) >= 11 is 0. The summed E-state index contributed by atoms with van der Waals surface area (Å²) in [7, 11) is 0. The summed E-state index contributed by atoms with van der Waals surface area (Å²) in [5, 5.41) is 3.61. The van der Waals surface area contributed by atoms with Crippen molar-refractivity contribution in [3.8, 4) is 0 Å². The third-order valence-electron chi connectivity index (χ3n) is 4.07.